The standard InChI is InChI=1S/C13H16OS2/c1-10-12(7-9-15-10)13(14)6-2-4-11-5-3-8-16-11/h3,5,7-9,13-14H,2,4,6H2,1H3. The Morgan fingerprint density at radius 3 is 2.75 bits per heavy atom. The summed E-state index contributed by atoms with van der Waals surface area (Å²) in [5.41, 5.74) is 1.11. The van der Waals surface area contributed by atoms with E-state index in [0.717, 1.165) is 24.8 Å². The third-order valence-corrected chi connectivity index (χ3v) is 4.54. The van der Waals surface area contributed by atoms with Gasteiger partial charge in [0.1, 0.15) is 0 Å². The third-order valence-electron chi connectivity index (χ3n) is 2.74. The van der Waals surface area contributed by atoms with E-state index < -0.39 is 0 Å². The lowest BCUT2D eigenvalue weighted by molar-refractivity contribution is 0.164. The van der Waals surface area contributed by atoms with E-state index in [9.17, 15) is 5.11 Å². The van der Waals surface area contributed by atoms with E-state index in [-0.39, 0.29) is 6.10 Å². The van der Waals surface area contributed by atoms with Crippen molar-refractivity contribution in [2.45, 2.75) is 32.3 Å². The molecule has 2 aromatic rings. The molecule has 1 N–H and O–H groups in total. The van der Waals surface area contributed by atoms with Crippen molar-refractivity contribution < 1.29 is 5.11 Å². The van der Waals surface area contributed by atoms with Gasteiger partial charge >= 0.3 is 0 Å². The molecule has 0 aliphatic carbocycles. The zero-order chi connectivity index (χ0) is 11.4. The number of aliphatic hydroxyl groups excluding tert-OH is 1. The highest BCUT2D eigenvalue weighted by Gasteiger charge is 2.10. The van der Waals surface area contributed by atoms with Gasteiger partial charge in [0.2, 0.25) is 0 Å². The van der Waals surface area contributed by atoms with Gasteiger partial charge in [-0.2, -0.15) is 0 Å². The second kappa shape index (κ2) is 5.62. The topological polar surface area (TPSA) is 20.2 Å². The number of rotatable bonds is 5. The van der Waals surface area contributed by atoms with Gasteiger partial charge in [-0.15, -0.1) is 22.7 Å². The van der Waals surface area contributed by atoms with Crippen molar-refractivity contribution in [3.8, 4) is 0 Å². The molecule has 1 atom stereocenters. The highest BCUT2D eigenvalue weighted by Crippen LogP contribution is 2.26. The van der Waals surface area contributed by atoms with E-state index in [1.165, 1.54) is 9.75 Å². The van der Waals surface area contributed by atoms with Crippen LogP contribution in [-0.4, -0.2) is 5.11 Å². The fourth-order valence-corrected chi connectivity index (χ4v) is 3.33. The average Bonchev–Trinajstić information content (AvgIpc) is 2.88. The zero-order valence-corrected chi connectivity index (χ0v) is 11.0. The van der Waals surface area contributed by atoms with Gasteiger partial charge in [-0.05, 0) is 54.6 Å². The van der Waals surface area contributed by atoms with E-state index in [2.05, 4.69) is 24.4 Å². The molecule has 0 aromatic carbocycles. The minimum absolute atomic E-state index is 0.286. The summed E-state index contributed by atoms with van der Waals surface area (Å²) in [7, 11) is 0. The van der Waals surface area contributed by atoms with Gasteiger partial charge in [0.25, 0.3) is 0 Å². The Hall–Kier alpha value is -0.640. The minimum Gasteiger partial charge on any atom is -0.388 e. The molecular weight excluding hydrogens is 236 g/mol. The molecule has 0 aliphatic rings. The third kappa shape index (κ3) is 2.94. The first kappa shape index (κ1) is 11.8. The summed E-state index contributed by atoms with van der Waals surface area (Å²) in [5, 5.41) is 14.2. The smallest absolute Gasteiger partial charge is 0.0800 e. The summed E-state index contributed by atoms with van der Waals surface area (Å²) < 4.78 is 0. The van der Waals surface area contributed by atoms with Crippen LogP contribution < -0.4 is 0 Å². The number of hydrogen-bond donors (Lipinski definition) is 1. The molecular formula is C13H16OS2. The van der Waals surface area contributed by atoms with Gasteiger partial charge < -0.3 is 5.11 Å². The first-order valence-electron chi connectivity index (χ1n) is 5.52. The Bertz CT molecular complexity index is 417. The highest BCUT2D eigenvalue weighted by molar-refractivity contribution is 7.10. The second-order valence-electron chi connectivity index (χ2n) is 3.92. The maximum atomic E-state index is 10.0. The van der Waals surface area contributed by atoms with E-state index in [4.69, 9.17) is 0 Å². The van der Waals surface area contributed by atoms with Gasteiger partial charge in [-0.25, -0.2) is 0 Å². The van der Waals surface area contributed by atoms with Crippen LogP contribution in [0, 0.1) is 6.92 Å². The first-order valence-corrected chi connectivity index (χ1v) is 7.27. The molecule has 0 aliphatic heterocycles. The molecule has 0 spiro atoms. The molecule has 0 amide bonds. The molecule has 0 saturated heterocycles. The summed E-state index contributed by atoms with van der Waals surface area (Å²) in [6.45, 7) is 2.07. The quantitative estimate of drug-likeness (QED) is 0.846. The predicted molar refractivity (Wildman–Crippen MR) is 71.3 cm³/mol. The van der Waals surface area contributed by atoms with Crippen LogP contribution in [0.4, 0.5) is 0 Å². The maximum Gasteiger partial charge on any atom is 0.0800 e. The Morgan fingerprint density at radius 2 is 2.12 bits per heavy atom. The fourth-order valence-electron chi connectivity index (χ4n) is 1.82. The molecule has 0 fully saturated rings. The number of aryl methyl sites for hydroxylation is 2. The van der Waals surface area contributed by atoms with E-state index in [1.807, 2.05) is 11.4 Å². The van der Waals surface area contributed by atoms with Crippen LogP contribution in [-0.2, 0) is 6.42 Å². The van der Waals surface area contributed by atoms with Crippen LogP contribution in [0.2, 0.25) is 0 Å². The molecule has 16 heavy (non-hydrogen) atoms. The number of thiophene rings is 2. The van der Waals surface area contributed by atoms with Crippen LogP contribution in [0.15, 0.2) is 29.0 Å². The van der Waals surface area contributed by atoms with Crippen molar-refractivity contribution in [1.29, 1.82) is 0 Å². The molecule has 2 aromatic heterocycles. The molecule has 1 nitrogen and oxygen atoms in total. The lowest BCUT2D eigenvalue weighted by atomic mass is 10.0. The van der Waals surface area contributed by atoms with Crippen LogP contribution in [0.1, 0.15) is 34.3 Å². The van der Waals surface area contributed by atoms with Crippen LogP contribution in [0.25, 0.3) is 0 Å². The molecule has 2 heterocycles. The molecule has 2 rings (SSSR count). The van der Waals surface area contributed by atoms with Crippen molar-refractivity contribution >= 4 is 22.7 Å². The van der Waals surface area contributed by atoms with Crippen molar-refractivity contribution in [3.63, 3.8) is 0 Å². The first-order chi connectivity index (χ1) is 7.77. The van der Waals surface area contributed by atoms with Crippen molar-refractivity contribution in [1.82, 2.24) is 0 Å². The lowest BCUT2D eigenvalue weighted by Crippen LogP contribution is -1.98. The Balaban J connectivity index is 1.80. The predicted octanol–water partition coefficient (Wildman–Crippen LogP) is 4.17. The monoisotopic (exact) mass is 252 g/mol. The molecule has 0 bridgehead atoms. The second-order valence-corrected chi connectivity index (χ2v) is 6.07. The number of aliphatic hydroxyl groups is 1. The largest absolute Gasteiger partial charge is 0.388 e. The van der Waals surface area contributed by atoms with Gasteiger partial charge in [-0.3, -0.25) is 0 Å². The van der Waals surface area contributed by atoms with Crippen molar-refractivity contribution in [3.05, 3.63) is 44.3 Å². The number of hydrogen-bond acceptors (Lipinski definition) is 3. The van der Waals surface area contributed by atoms with Crippen LogP contribution >= 0.6 is 22.7 Å². The Kier molecular flexibility index (Phi) is 4.16. The molecule has 0 radical (unpaired) electrons. The van der Waals surface area contributed by atoms with Crippen molar-refractivity contribution in [2.75, 3.05) is 0 Å². The van der Waals surface area contributed by atoms with Crippen molar-refractivity contribution in [2.24, 2.45) is 0 Å². The summed E-state index contributed by atoms with van der Waals surface area (Å²) in [5.74, 6) is 0. The van der Waals surface area contributed by atoms with Gasteiger partial charge in [0, 0.05) is 9.75 Å². The lowest BCUT2D eigenvalue weighted by Gasteiger charge is -2.09. The van der Waals surface area contributed by atoms with E-state index in [1.54, 1.807) is 22.7 Å². The van der Waals surface area contributed by atoms with E-state index >= 15 is 0 Å². The summed E-state index contributed by atoms with van der Waals surface area (Å²) in [6.07, 6.45) is 2.70. The Morgan fingerprint density at radius 1 is 1.25 bits per heavy atom. The molecule has 86 valence electrons. The summed E-state index contributed by atoms with van der Waals surface area (Å²) >= 11 is 3.50. The van der Waals surface area contributed by atoms with Gasteiger partial charge in [-0.1, -0.05) is 6.07 Å². The summed E-state index contributed by atoms with van der Waals surface area (Å²) in [4.78, 5) is 2.65. The SMILES string of the molecule is Cc1sccc1C(O)CCCc1cccs1. The zero-order valence-electron chi connectivity index (χ0n) is 9.35. The van der Waals surface area contributed by atoms with Crippen LogP contribution in [0.3, 0.4) is 0 Å². The maximum absolute atomic E-state index is 10.0. The normalized spacial score (nSPS) is 12.9. The highest BCUT2D eigenvalue weighted by atomic mass is 32.1. The molecule has 1 unspecified atom stereocenters. The van der Waals surface area contributed by atoms with Crippen LogP contribution in [0.5, 0.6) is 0 Å². The molecule has 3 heteroatoms. The van der Waals surface area contributed by atoms with Gasteiger partial charge in [0.05, 0.1) is 6.10 Å². The van der Waals surface area contributed by atoms with E-state index in [0.29, 0.717) is 0 Å². The summed E-state index contributed by atoms with van der Waals surface area (Å²) in [6, 6.07) is 6.28. The molecule has 0 saturated carbocycles. The fraction of sp³-hybridized carbons (Fsp3) is 0.385. The van der Waals surface area contributed by atoms with Gasteiger partial charge in [0.15, 0.2) is 0 Å². The minimum atomic E-state index is -0.286. The Labute approximate surface area is 104 Å². The average molecular weight is 252 g/mol.